The molecule has 1 saturated heterocycles. The van der Waals surface area contributed by atoms with E-state index in [0.29, 0.717) is 6.54 Å². The number of aryl methyl sites for hydroxylation is 1. The van der Waals surface area contributed by atoms with E-state index in [-0.39, 0.29) is 5.91 Å². The number of aromatic nitrogens is 2. The minimum Gasteiger partial charge on any atom is -0.353 e. The van der Waals surface area contributed by atoms with E-state index < -0.39 is 0 Å². The summed E-state index contributed by atoms with van der Waals surface area (Å²) >= 11 is 1.70. The minimum atomic E-state index is 0.0342. The first kappa shape index (κ1) is 21.6. The molecule has 168 valence electrons. The molecule has 2 aromatic heterocycles. The van der Waals surface area contributed by atoms with Crippen LogP contribution < -0.4 is 10.2 Å². The van der Waals surface area contributed by atoms with Crippen molar-refractivity contribution in [3.05, 3.63) is 72.1 Å². The Bertz CT molecular complexity index is 1280. The van der Waals surface area contributed by atoms with Gasteiger partial charge in [-0.1, -0.05) is 42.5 Å². The van der Waals surface area contributed by atoms with Crippen LogP contribution in [0.25, 0.3) is 20.7 Å². The Morgan fingerprint density at radius 2 is 1.79 bits per heavy atom. The lowest BCUT2D eigenvalue weighted by Crippen LogP contribution is -2.49. The van der Waals surface area contributed by atoms with Crippen LogP contribution in [0.5, 0.6) is 0 Å². The van der Waals surface area contributed by atoms with Crippen LogP contribution in [0.4, 0.5) is 11.5 Å². The quantitative estimate of drug-likeness (QED) is 0.469. The third kappa shape index (κ3) is 4.60. The maximum Gasteiger partial charge on any atom is 0.238 e. The van der Waals surface area contributed by atoms with Crippen molar-refractivity contribution < 1.29 is 4.79 Å². The molecule has 0 saturated carbocycles. The summed E-state index contributed by atoms with van der Waals surface area (Å²) in [5.74, 6) is 1.02. The number of hydrogen-bond acceptors (Lipinski definition) is 6. The molecule has 5 rings (SSSR count). The Morgan fingerprint density at radius 1 is 1.00 bits per heavy atom. The Hall–Kier alpha value is -3.29. The Morgan fingerprint density at radius 3 is 2.58 bits per heavy atom. The summed E-state index contributed by atoms with van der Waals surface area (Å²) in [4.78, 5) is 28.5. The zero-order valence-corrected chi connectivity index (χ0v) is 19.7. The highest BCUT2D eigenvalue weighted by molar-refractivity contribution is 7.21. The van der Waals surface area contributed by atoms with Crippen molar-refractivity contribution in [1.82, 2.24) is 14.9 Å². The van der Waals surface area contributed by atoms with E-state index in [9.17, 15) is 4.79 Å². The van der Waals surface area contributed by atoms with Crippen molar-refractivity contribution in [3.63, 3.8) is 0 Å². The van der Waals surface area contributed by atoms with Gasteiger partial charge in [-0.15, -0.1) is 11.3 Å². The predicted octanol–water partition coefficient (Wildman–Crippen LogP) is 4.74. The second-order valence-electron chi connectivity index (χ2n) is 8.45. The molecule has 1 N–H and O–H groups in total. The van der Waals surface area contributed by atoms with Crippen molar-refractivity contribution >= 4 is 39.0 Å². The number of anilines is 2. The smallest absolute Gasteiger partial charge is 0.238 e. The van der Waals surface area contributed by atoms with E-state index in [4.69, 9.17) is 0 Å². The van der Waals surface area contributed by atoms with E-state index in [1.54, 1.807) is 17.7 Å². The van der Waals surface area contributed by atoms with Crippen LogP contribution in [0.3, 0.4) is 0 Å². The van der Waals surface area contributed by atoms with Crippen molar-refractivity contribution in [1.29, 1.82) is 0 Å². The van der Waals surface area contributed by atoms with Gasteiger partial charge in [-0.05, 0) is 42.7 Å². The predicted molar refractivity (Wildman–Crippen MR) is 136 cm³/mol. The van der Waals surface area contributed by atoms with Gasteiger partial charge in [-0.25, -0.2) is 9.97 Å². The molecule has 6 nitrogen and oxygen atoms in total. The molecule has 3 heterocycles. The van der Waals surface area contributed by atoms with Gasteiger partial charge < -0.3 is 10.2 Å². The summed E-state index contributed by atoms with van der Waals surface area (Å²) in [6.07, 6.45) is 1.66. The lowest BCUT2D eigenvalue weighted by Gasteiger charge is -2.35. The molecule has 0 radical (unpaired) electrons. The minimum absolute atomic E-state index is 0.0342. The molecule has 1 amide bonds. The van der Waals surface area contributed by atoms with Gasteiger partial charge >= 0.3 is 0 Å². The molecule has 0 atom stereocenters. The SMILES string of the molecule is Cc1cccc(NC(=O)CN2CCN(c3ncnc4sc(-c5ccccc5)cc34)CC2)c1C. The van der Waals surface area contributed by atoms with E-state index >= 15 is 0 Å². The van der Waals surface area contributed by atoms with Crippen LogP contribution in [-0.4, -0.2) is 53.5 Å². The van der Waals surface area contributed by atoms with E-state index in [1.807, 2.05) is 25.1 Å². The monoisotopic (exact) mass is 457 g/mol. The van der Waals surface area contributed by atoms with Crippen LogP contribution in [0.2, 0.25) is 0 Å². The van der Waals surface area contributed by atoms with Crippen LogP contribution in [0.1, 0.15) is 11.1 Å². The molecule has 1 fully saturated rings. The summed E-state index contributed by atoms with van der Waals surface area (Å²) in [5.41, 5.74) is 4.40. The van der Waals surface area contributed by atoms with Gasteiger partial charge in [0.2, 0.25) is 5.91 Å². The molecule has 7 heteroatoms. The largest absolute Gasteiger partial charge is 0.353 e. The Balaban J connectivity index is 1.24. The first-order valence-electron chi connectivity index (χ1n) is 11.2. The molecule has 4 aromatic rings. The molecular formula is C26H27N5OS. The lowest BCUT2D eigenvalue weighted by molar-refractivity contribution is -0.117. The second kappa shape index (κ2) is 9.29. The average Bonchev–Trinajstić information content (AvgIpc) is 3.28. The highest BCUT2D eigenvalue weighted by Crippen LogP contribution is 2.36. The number of piperazine rings is 1. The highest BCUT2D eigenvalue weighted by Gasteiger charge is 2.22. The topological polar surface area (TPSA) is 61.4 Å². The zero-order valence-electron chi connectivity index (χ0n) is 18.9. The molecule has 33 heavy (non-hydrogen) atoms. The normalized spacial score (nSPS) is 14.5. The Kier molecular flexibility index (Phi) is 6.07. The van der Waals surface area contributed by atoms with Crippen LogP contribution in [-0.2, 0) is 4.79 Å². The number of fused-ring (bicyclic) bond motifs is 1. The van der Waals surface area contributed by atoms with E-state index in [0.717, 1.165) is 53.5 Å². The van der Waals surface area contributed by atoms with Crippen molar-refractivity contribution in [2.45, 2.75) is 13.8 Å². The molecule has 0 bridgehead atoms. The average molecular weight is 458 g/mol. The first-order valence-corrected chi connectivity index (χ1v) is 12.0. The van der Waals surface area contributed by atoms with E-state index in [1.165, 1.54) is 16.0 Å². The maximum atomic E-state index is 12.6. The Labute approximate surface area is 197 Å². The summed E-state index contributed by atoms with van der Waals surface area (Å²) in [6.45, 7) is 7.81. The summed E-state index contributed by atoms with van der Waals surface area (Å²) in [6, 6.07) is 18.6. The molecule has 0 aliphatic carbocycles. The molecule has 2 aromatic carbocycles. The molecule has 0 spiro atoms. The van der Waals surface area contributed by atoms with Crippen LogP contribution in [0.15, 0.2) is 60.9 Å². The fourth-order valence-electron chi connectivity index (χ4n) is 4.24. The standard InChI is InChI=1S/C26H27N5OS/c1-18-7-6-10-22(19(18)2)29-24(32)16-30-11-13-31(14-12-30)25-21-15-23(20-8-4-3-5-9-20)33-26(21)28-17-27-25/h3-10,15,17H,11-14,16H2,1-2H3,(H,29,32). The third-order valence-corrected chi connectivity index (χ3v) is 7.38. The van der Waals surface area contributed by atoms with Crippen LogP contribution >= 0.6 is 11.3 Å². The summed E-state index contributed by atoms with van der Waals surface area (Å²) in [5, 5.41) is 4.17. The number of carbonyl (C=O) groups excluding carboxylic acids is 1. The zero-order chi connectivity index (χ0) is 22.8. The van der Waals surface area contributed by atoms with Crippen molar-refractivity contribution in [2.24, 2.45) is 0 Å². The number of hydrogen-bond donors (Lipinski definition) is 1. The fourth-order valence-corrected chi connectivity index (χ4v) is 5.24. The molecular weight excluding hydrogens is 430 g/mol. The number of carbonyl (C=O) groups is 1. The fraction of sp³-hybridized carbons (Fsp3) is 0.269. The van der Waals surface area contributed by atoms with Gasteiger partial charge in [0.25, 0.3) is 0 Å². The summed E-state index contributed by atoms with van der Waals surface area (Å²) < 4.78 is 0. The van der Waals surface area contributed by atoms with Gasteiger partial charge in [-0.3, -0.25) is 9.69 Å². The van der Waals surface area contributed by atoms with Gasteiger partial charge in [0.1, 0.15) is 17.0 Å². The van der Waals surface area contributed by atoms with Crippen molar-refractivity contribution in [2.75, 3.05) is 42.9 Å². The number of rotatable bonds is 5. The molecule has 0 unspecified atom stereocenters. The number of nitrogens with zero attached hydrogens (tertiary/aromatic N) is 4. The highest BCUT2D eigenvalue weighted by atomic mass is 32.1. The van der Waals surface area contributed by atoms with Crippen LogP contribution in [0, 0.1) is 13.8 Å². The summed E-state index contributed by atoms with van der Waals surface area (Å²) in [7, 11) is 0. The molecule has 1 aliphatic heterocycles. The van der Waals surface area contributed by atoms with Crippen molar-refractivity contribution in [3.8, 4) is 10.4 Å². The van der Waals surface area contributed by atoms with Gasteiger partial charge in [0.15, 0.2) is 0 Å². The molecule has 1 aliphatic rings. The number of nitrogens with one attached hydrogen (secondary N) is 1. The van der Waals surface area contributed by atoms with E-state index in [2.05, 4.69) is 68.4 Å². The van der Waals surface area contributed by atoms with Gasteiger partial charge in [0.05, 0.1) is 11.9 Å². The number of amides is 1. The lowest BCUT2D eigenvalue weighted by atomic mass is 10.1. The number of benzene rings is 2. The number of thiophene rings is 1. The van der Waals surface area contributed by atoms with Gasteiger partial charge in [0, 0.05) is 36.7 Å². The third-order valence-electron chi connectivity index (χ3n) is 6.28. The second-order valence-corrected chi connectivity index (χ2v) is 9.48. The first-order chi connectivity index (χ1) is 16.1. The maximum absolute atomic E-state index is 12.6. The van der Waals surface area contributed by atoms with Gasteiger partial charge in [-0.2, -0.15) is 0 Å².